The molecule has 0 atom stereocenters. The number of amides is 1. The largest absolute Gasteiger partial charge is 0.356 e. The lowest BCUT2D eigenvalue weighted by Crippen LogP contribution is -2.45. The van der Waals surface area contributed by atoms with E-state index in [9.17, 15) is 4.79 Å². The van der Waals surface area contributed by atoms with Gasteiger partial charge in [0.25, 0.3) is 5.91 Å². The standard InChI is InChI=1S/C20H28ClN5OS/c1-14-17(28-13-26-14)18(27)23-8-9-24-19(22-4)25-12-20(2,3)11-15-6-5-7-16(21)10-15/h5-7,10,13H,8-9,11-12H2,1-4H3,(H,23,27)(H2,22,24,25). The highest BCUT2D eigenvalue weighted by Crippen LogP contribution is 2.22. The van der Waals surface area contributed by atoms with Crippen molar-refractivity contribution in [3.8, 4) is 0 Å². The first-order chi connectivity index (χ1) is 13.3. The number of aryl methyl sites for hydroxylation is 1. The maximum absolute atomic E-state index is 12.1. The van der Waals surface area contributed by atoms with Crippen molar-refractivity contribution in [2.75, 3.05) is 26.7 Å². The SMILES string of the molecule is CN=C(NCCNC(=O)c1scnc1C)NCC(C)(C)Cc1cccc(Cl)c1. The lowest BCUT2D eigenvalue weighted by atomic mass is 9.86. The maximum Gasteiger partial charge on any atom is 0.263 e. The van der Waals surface area contributed by atoms with Gasteiger partial charge in [-0.3, -0.25) is 9.79 Å². The topological polar surface area (TPSA) is 78.4 Å². The third kappa shape index (κ3) is 7.13. The molecule has 2 rings (SSSR count). The Balaban J connectivity index is 1.73. The Labute approximate surface area is 175 Å². The molecule has 0 unspecified atom stereocenters. The normalized spacial score (nSPS) is 12.0. The van der Waals surface area contributed by atoms with Gasteiger partial charge in [-0.2, -0.15) is 0 Å². The van der Waals surface area contributed by atoms with Gasteiger partial charge in [-0.25, -0.2) is 4.98 Å². The first-order valence-electron chi connectivity index (χ1n) is 9.18. The van der Waals surface area contributed by atoms with E-state index in [0.717, 1.165) is 23.7 Å². The van der Waals surface area contributed by atoms with E-state index in [1.807, 2.05) is 25.1 Å². The lowest BCUT2D eigenvalue weighted by molar-refractivity contribution is 0.0957. The number of nitrogens with one attached hydrogen (secondary N) is 3. The highest BCUT2D eigenvalue weighted by molar-refractivity contribution is 7.11. The van der Waals surface area contributed by atoms with Gasteiger partial charge in [-0.1, -0.05) is 37.6 Å². The molecule has 0 spiro atoms. The fraction of sp³-hybridized carbons (Fsp3) is 0.450. The smallest absolute Gasteiger partial charge is 0.263 e. The zero-order valence-electron chi connectivity index (χ0n) is 16.8. The number of carbonyl (C=O) groups excluding carboxylic acids is 1. The molecule has 0 saturated heterocycles. The average Bonchev–Trinajstić information content (AvgIpc) is 3.06. The molecule has 0 bridgehead atoms. The zero-order chi connectivity index (χ0) is 20.6. The van der Waals surface area contributed by atoms with E-state index >= 15 is 0 Å². The summed E-state index contributed by atoms with van der Waals surface area (Å²) in [5.74, 6) is 0.620. The van der Waals surface area contributed by atoms with Crippen LogP contribution in [0.2, 0.25) is 5.02 Å². The molecule has 1 aromatic heterocycles. The molecule has 0 aliphatic rings. The number of rotatable bonds is 8. The van der Waals surface area contributed by atoms with Crippen molar-refractivity contribution in [2.24, 2.45) is 10.4 Å². The van der Waals surface area contributed by atoms with Gasteiger partial charge in [0.2, 0.25) is 0 Å². The molecular weight excluding hydrogens is 394 g/mol. The number of aliphatic imine (C=N–C) groups is 1. The third-order valence-electron chi connectivity index (χ3n) is 4.18. The number of halogens is 1. The zero-order valence-corrected chi connectivity index (χ0v) is 18.4. The van der Waals surface area contributed by atoms with Crippen molar-refractivity contribution in [1.82, 2.24) is 20.9 Å². The molecule has 0 radical (unpaired) electrons. The number of guanidine groups is 1. The molecule has 0 fully saturated rings. The van der Waals surface area contributed by atoms with Crippen LogP contribution in [-0.2, 0) is 6.42 Å². The van der Waals surface area contributed by atoms with Crippen molar-refractivity contribution >= 4 is 34.8 Å². The number of thiazole rings is 1. The van der Waals surface area contributed by atoms with Gasteiger partial charge in [0.15, 0.2) is 5.96 Å². The second-order valence-electron chi connectivity index (χ2n) is 7.35. The van der Waals surface area contributed by atoms with Crippen LogP contribution in [0.3, 0.4) is 0 Å². The van der Waals surface area contributed by atoms with E-state index in [1.165, 1.54) is 16.9 Å². The van der Waals surface area contributed by atoms with Crippen LogP contribution < -0.4 is 16.0 Å². The van der Waals surface area contributed by atoms with E-state index in [4.69, 9.17) is 11.6 Å². The molecule has 0 saturated carbocycles. The Morgan fingerprint density at radius 1 is 1.25 bits per heavy atom. The number of carbonyl (C=O) groups is 1. The minimum absolute atomic E-state index is 0.0280. The monoisotopic (exact) mass is 421 g/mol. The number of aromatic nitrogens is 1. The quantitative estimate of drug-likeness (QED) is 0.347. The van der Waals surface area contributed by atoms with Gasteiger partial charge in [0.05, 0.1) is 11.2 Å². The molecule has 28 heavy (non-hydrogen) atoms. The van der Waals surface area contributed by atoms with Crippen LogP contribution in [0.15, 0.2) is 34.8 Å². The minimum Gasteiger partial charge on any atom is -0.356 e. The van der Waals surface area contributed by atoms with Crippen LogP contribution in [0.25, 0.3) is 0 Å². The third-order valence-corrected chi connectivity index (χ3v) is 5.35. The van der Waals surface area contributed by atoms with Gasteiger partial charge in [0, 0.05) is 31.7 Å². The first kappa shape index (κ1) is 22.2. The van der Waals surface area contributed by atoms with Crippen LogP contribution >= 0.6 is 22.9 Å². The van der Waals surface area contributed by atoms with E-state index < -0.39 is 0 Å². The Morgan fingerprint density at radius 3 is 2.64 bits per heavy atom. The average molecular weight is 422 g/mol. The second kappa shape index (κ2) is 10.4. The minimum atomic E-state index is -0.0904. The van der Waals surface area contributed by atoms with Gasteiger partial charge >= 0.3 is 0 Å². The van der Waals surface area contributed by atoms with Crippen LogP contribution in [0.1, 0.15) is 34.8 Å². The van der Waals surface area contributed by atoms with Gasteiger partial charge in [-0.05, 0) is 36.5 Å². The maximum atomic E-state index is 12.1. The van der Waals surface area contributed by atoms with Gasteiger partial charge in [-0.15, -0.1) is 11.3 Å². The molecule has 6 nitrogen and oxygen atoms in total. The predicted octanol–water partition coefficient (Wildman–Crippen LogP) is 3.27. The summed E-state index contributed by atoms with van der Waals surface area (Å²) in [6, 6.07) is 7.96. The molecule has 0 aliphatic carbocycles. The summed E-state index contributed by atoms with van der Waals surface area (Å²) >= 11 is 7.43. The number of nitrogens with zero attached hydrogens (tertiary/aromatic N) is 2. The number of benzene rings is 1. The van der Waals surface area contributed by atoms with Gasteiger partial charge in [0.1, 0.15) is 4.88 Å². The molecule has 2 aromatic rings. The highest BCUT2D eigenvalue weighted by Gasteiger charge is 2.19. The summed E-state index contributed by atoms with van der Waals surface area (Å²) in [6.45, 7) is 8.07. The van der Waals surface area contributed by atoms with Crippen molar-refractivity contribution in [3.05, 3.63) is 50.9 Å². The van der Waals surface area contributed by atoms with Crippen molar-refractivity contribution in [1.29, 1.82) is 0 Å². The summed E-state index contributed by atoms with van der Waals surface area (Å²) in [5, 5.41) is 10.2. The molecule has 8 heteroatoms. The summed E-state index contributed by atoms with van der Waals surface area (Å²) in [5.41, 5.74) is 3.68. The lowest BCUT2D eigenvalue weighted by Gasteiger charge is -2.26. The summed E-state index contributed by atoms with van der Waals surface area (Å²) < 4.78 is 0. The Bertz CT molecular complexity index is 818. The van der Waals surface area contributed by atoms with Crippen molar-refractivity contribution < 1.29 is 4.79 Å². The molecule has 0 aliphatic heterocycles. The van der Waals surface area contributed by atoms with Crippen LogP contribution in [0.4, 0.5) is 0 Å². The molecular formula is C20H28ClN5OS. The van der Waals surface area contributed by atoms with Gasteiger partial charge < -0.3 is 16.0 Å². The Kier molecular flexibility index (Phi) is 8.26. The highest BCUT2D eigenvalue weighted by atomic mass is 35.5. The Hall–Kier alpha value is -2.12. The summed E-state index contributed by atoms with van der Waals surface area (Å²) in [4.78, 5) is 21.1. The summed E-state index contributed by atoms with van der Waals surface area (Å²) in [7, 11) is 1.73. The van der Waals surface area contributed by atoms with E-state index in [-0.39, 0.29) is 11.3 Å². The molecule has 1 aromatic carbocycles. The van der Waals surface area contributed by atoms with Crippen molar-refractivity contribution in [2.45, 2.75) is 27.2 Å². The number of hydrogen-bond acceptors (Lipinski definition) is 4. The molecule has 1 heterocycles. The molecule has 152 valence electrons. The number of hydrogen-bond donors (Lipinski definition) is 3. The fourth-order valence-electron chi connectivity index (χ4n) is 2.76. The fourth-order valence-corrected chi connectivity index (χ4v) is 3.69. The van der Waals surface area contributed by atoms with Crippen LogP contribution in [0.5, 0.6) is 0 Å². The van der Waals surface area contributed by atoms with Crippen LogP contribution in [0, 0.1) is 12.3 Å². The first-order valence-corrected chi connectivity index (χ1v) is 10.4. The summed E-state index contributed by atoms with van der Waals surface area (Å²) in [6.07, 6.45) is 0.905. The van der Waals surface area contributed by atoms with E-state index in [1.54, 1.807) is 12.6 Å². The van der Waals surface area contributed by atoms with Crippen molar-refractivity contribution in [3.63, 3.8) is 0 Å². The van der Waals surface area contributed by atoms with Crippen LogP contribution in [-0.4, -0.2) is 43.5 Å². The predicted molar refractivity (Wildman–Crippen MR) is 117 cm³/mol. The van der Waals surface area contributed by atoms with E-state index in [0.29, 0.717) is 23.9 Å². The molecule has 3 N–H and O–H groups in total. The second-order valence-corrected chi connectivity index (χ2v) is 8.64. The molecule has 1 amide bonds. The Morgan fingerprint density at radius 2 is 2.00 bits per heavy atom. The van der Waals surface area contributed by atoms with E-state index in [2.05, 4.69) is 45.8 Å².